The summed E-state index contributed by atoms with van der Waals surface area (Å²) in [6.45, 7) is 0.643. The van der Waals surface area contributed by atoms with Gasteiger partial charge in [0.2, 0.25) is 11.8 Å². The molecule has 3 N–H and O–H groups in total. The topological polar surface area (TPSA) is 75.4 Å². The Morgan fingerprint density at radius 2 is 2.10 bits per heavy atom. The molecule has 2 rings (SSSR count). The maximum Gasteiger partial charge on any atom is 0.242 e. The molecule has 0 aromatic heterocycles. The van der Waals surface area contributed by atoms with Gasteiger partial charge >= 0.3 is 0 Å². The van der Waals surface area contributed by atoms with Crippen LogP contribution in [0.2, 0.25) is 0 Å². The van der Waals surface area contributed by atoms with Crippen molar-refractivity contribution in [1.29, 1.82) is 0 Å². The Balaban J connectivity index is 2.10. The van der Waals surface area contributed by atoms with Gasteiger partial charge in [0.15, 0.2) is 0 Å². The number of anilines is 1. The summed E-state index contributed by atoms with van der Waals surface area (Å²) in [5.41, 5.74) is 7.31. The summed E-state index contributed by atoms with van der Waals surface area (Å²) < 4.78 is 0. The molecule has 5 nitrogen and oxygen atoms in total. The van der Waals surface area contributed by atoms with Gasteiger partial charge in [0.05, 0.1) is 6.42 Å². The van der Waals surface area contributed by atoms with E-state index < -0.39 is 0 Å². The van der Waals surface area contributed by atoms with Crippen molar-refractivity contribution in [2.45, 2.75) is 31.7 Å². The van der Waals surface area contributed by atoms with Crippen molar-refractivity contribution in [1.82, 2.24) is 10.2 Å². The van der Waals surface area contributed by atoms with Gasteiger partial charge in [-0.05, 0) is 30.9 Å². The van der Waals surface area contributed by atoms with Crippen LogP contribution in [0.3, 0.4) is 0 Å². The van der Waals surface area contributed by atoms with E-state index in [4.69, 9.17) is 5.73 Å². The Morgan fingerprint density at radius 1 is 1.35 bits per heavy atom. The largest absolute Gasteiger partial charge is 0.398 e. The minimum atomic E-state index is -0.341. The van der Waals surface area contributed by atoms with E-state index in [1.807, 2.05) is 18.2 Å². The second-order valence-corrected chi connectivity index (χ2v) is 5.09. The average Bonchev–Trinajstić information content (AvgIpc) is 2.48. The predicted octanol–water partition coefficient (Wildman–Crippen LogP) is 0.938. The zero-order valence-corrected chi connectivity index (χ0v) is 11.8. The third-order valence-corrected chi connectivity index (χ3v) is 3.77. The number of hydrogen-bond acceptors (Lipinski definition) is 3. The number of nitrogens with two attached hydrogens (primary N) is 1. The molecule has 1 saturated heterocycles. The van der Waals surface area contributed by atoms with E-state index in [0.29, 0.717) is 12.2 Å². The second kappa shape index (κ2) is 6.41. The molecule has 0 bridgehead atoms. The molecule has 1 fully saturated rings. The molecule has 0 saturated carbocycles. The summed E-state index contributed by atoms with van der Waals surface area (Å²) in [7, 11) is 1.61. The maximum absolute atomic E-state index is 12.4. The lowest BCUT2D eigenvalue weighted by Crippen LogP contribution is -2.51. The fraction of sp³-hybridized carbons (Fsp3) is 0.467. The van der Waals surface area contributed by atoms with Crippen molar-refractivity contribution < 1.29 is 9.59 Å². The molecule has 0 radical (unpaired) electrons. The van der Waals surface area contributed by atoms with Gasteiger partial charge in [0.1, 0.15) is 6.04 Å². The number of hydrogen-bond donors (Lipinski definition) is 2. The zero-order chi connectivity index (χ0) is 14.5. The minimum Gasteiger partial charge on any atom is -0.398 e. The van der Waals surface area contributed by atoms with Crippen LogP contribution in [-0.4, -0.2) is 36.3 Å². The molecular formula is C15H21N3O2. The monoisotopic (exact) mass is 275 g/mol. The van der Waals surface area contributed by atoms with Gasteiger partial charge in [-0.2, -0.15) is 0 Å². The Labute approximate surface area is 119 Å². The van der Waals surface area contributed by atoms with Crippen LogP contribution in [0.25, 0.3) is 0 Å². The molecule has 0 aliphatic carbocycles. The van der Waals surface area contributed by atoms with Crippen LogP contribution < -0.4 is 11.1 Å². The molecule has 108 valence electrons. The number of amides is 2. The first-order chi connectivity index (χ1) is 9.63. The summed E-state index contributed by atoms with van der Waals surface area (Å²) in [5.74, 6) is -0.115. The van der Waals surface area contributed by atoms with Crippen LogP contribution in [0.4, 0.5) is 5.69 Å². The van der Waals surface area contributed by atoms with Gasteiger partial charge in [0, 0.05) is 19.3 Å². The molecule has 1 aromatic carbocycles. The van der Waals surface area contributed by atoms with Gasteiger partial charge in [-0.1, -0.05) is 18.2 Å². The van der Waals surface area contributed by atoms with E-state index >= 15 is 0 Å². The molecule has 5 heteroatoms. The highest BCUT2D eigenvalue weighted by atomic mass is 16.2. The van der Waals surface area contributed by atoms with Crippen LogP contribution in [-0.2, 0) is 16.0 Å². The number of likely N-dealkylation sites (tertiary alicyclic amines) is 1. The number of piperidine rings is 1. The van der Waals surface area contributed by atoms with Gasteiger partial charge < -0.3 is 16.0 Å². The van der Waals surface area contributed by atoms with Crippen LogP contribution >= 0.6 is 0 Å². The molecule has 1 aliphatic heterocycles. The fourth-order valence-electron chi connectivity index (χ4n) is 2.63. The van der Waals surface area contributed by atoms with Crippen molar-refractivity contribution in [2.75, 3.05) is 19.3 Å². The van der Waals surface area contributed by atoms with Crippen LogP contribution in [0.5, 0.6) is 0 Å². The normalized spacial score (nSPS) is 18.6. The van der Waals surface area contributed by atoms with Crippen molar-refractivity contribution >= 4 is 17.5 Å². The predicted molar refractivity (Wildman–Crippen MR) is 78.0 cm³/mol. The number of para-hydroxylation sites is 1. The first-order valence-electron chi connectivity index (χ1n) is 6.98. The lowest BCUT2D eigenvalue weighted by Gasteiger charge is -2.34. The van der Waals surface area contributed by atoms with E-state index in [-0.39, 0.29) is 24.3 Å². The highest BCUT2D eigenvalue weighted by Gasteiger charge is 2.31. The number of carbonyl (C=O) groups is 2. The van der Waals surface area contributed by atoms with Gasteiger partial charge in [-0.15, -0.1) is 0 Å². The molecule has 2 amide bonds. The van der Waals surface area contributed by atoms with E-state index in [2.05, 4.69) is 5.32 Å². The first-order valence-corrected chi connectivity index (χ1v) is 6.98. The number of nitrogens with zero attached hydrogens (tertiary/aromatic N) is 1. The highest BCUT2D eigenvalue weighted by molar-refractivity contribution is 5.89. The number of likely N-dealkylation sites (N-methyl/N-ethyl adjacent to an activating group) is 1. The second-order valence-electron chi connectivity index (χ2n) is 5.09. The fourth-order valence-corrected chi connectivity index (χ4v) is 2.63. The maximum atomic E-state index is 12.4. The van der Waals surface area contributed by atoms with Crippen molar-refractivity contribution in [3.63, 3.8) is 0 Å². The standard InChI is InChI=1S/C15H21N3O2/c1-17-15(20)13-8-4-5-9-18(13)14(19)10-11-6-2-3-7-12(11)16/h2-3,6-7,13H,4-5,8-10,16H2,1H3,(H,17,20). The van der Waals surface area contributed by atoms with Gasteiger partial charge in [-0.25, -0.2) is 0 Å². The number of carbonyl (C=O) groups excluding carboxylic acids is 2. The van der Waals surface area contributed by atoms with Crippen molar-refractivity contribution in [2.24, 2.45) is 0 Å². The smallest absolute Gasteiger partial charge is 0.242 e. The summed E-state index contributed by atoms with van der Waals surface area (Å²) in [6, 6.07) is 7.01. The van der Waals surface area contributed by atoms with Crippen LogP contribution in [0.1, 0.15) is 24.8 Å². The molecular weight excluding hydrogens is 254 g/mol. The van der Waals surface area contributed by atoms with Crippen LogP contribution in [0.15, 0.2) is 24.3 Å². The molecule has 1 atom stereocenters. The quantitative estimate of drug-likeness (QED) is 0.806. The molecule has 1 aliphatic rings. The van der Waals surface area contributed by atoms with E-state index in [1.165, 1.54) is 0 Å². The van der Waals surface area contributed by atoms with Gasteiger partial charge in [-0.3, -0.25) is 9.59 Å². The van der Waals surface area contributed by atoms with E-state index in [1.54, 1.807) is 18.0 Å². The lowest BCUT2D eigenvalue weighted by molar-refractivity contribution is -0.141. The molecule has 1 aromatic rings. The third-order valence-electron chi connectivity index (χ3n) is 3.77. The Bertz CT molecular complexity index is 502. The first kappa shape index (κ1) is 14.4. The molecule has 1 unspecified atom stereocenters. The zero-order valence-electron chi connectivity index (χ0n) is 11.8. The number of nitrogen functional groups attached to an aromatic ring is 1. The lowest BCUT2D eigenvalue weighted by atomic mass is 10.00. The van der Waals surface area contributed by atoms with E-state index in [0.717, 1.165) is 24.8 Å². The molecule has 20 heavy (non-hydrogen) atoms. The summed E-state index contributed by atoms with van der Waals surface area (Å²) in [6.07, 6.45) is 2.91. The van der Waals surface area contributed by atoms with Crippen molar-refractivity contribution in [3.05, 3.63) is 29.8 Å². The Kier molecular flexibility index (Phi) is 4.61. The minimum absolute atomic E-state index is 0.0313. The van der Waals surface area contributed by atoms with Crippen molar-refractivity contribution in [3.8, 4) is 0 Å². The number of nitrogens with one attached hydrogen (secondary N) is 1. The summed E-state index contributed by atoms with van der Waals surface area (Å²) in [4.78, 5) is 26.0. The summed E-state index contributed by atoms with van der Waals surface area (Å²) >= 11 is 0. The van der Waals surface area contributed by atoms with E-state index in [9.17, 15) is 9.59 Å². The summed E-state index contributed by atoms with van der Waals surface area (Å²) in [5, 5.41) is 2.64. The molecule has 1 heterocycles. The van der Waals surface area contributed by atoms with Gasteiger partial charge in [0.25, 0.3) is 0 Å². The number of benzene rings is 1. The third kappa shape index (κ3) is 3.10. The SMILES string of the molecule is CNC(=O)C1CCCCN1C(=O)Cc1ccccc1N. The average molecular weight is 275 g/mol. The number of rotatable bonds is 3. The van der Waals surface area contributed by atoms with Crippen LogP contribution in [0, 0.1) is 0 Å². The molecule has 0 spiro atoms. The highest BCUT2D eigenvalue weighted by Crippen LogP contribution is 2.20. The Hall–Kier alpha value is -2.04. The Morgan fingerprint density at radius 3 is 2.80 bits per heavy atom.